The van der Waals surface area contributed by atoms with Crippen molar-refractivity contribution < 1.29 is 52.8 Å². The van der Waals surface area contributed by atoms with Crippen molar-refractivity contribution in [2.45, 2.75) is 155 Å². The third kappa shape index (κ3) is 74.6. The largest absolute Gasteiger partial charge is 0.516 e. The van der Waals surface area contributed by atoms with Gasteiger partial charge in [-0.15, -0.1) is 4.48 Å². The number of thiol groups is 1. The molecule has 372 valence electrons. The fourth-order valence-corrected chi connectivity index (χ4v) is 5.67. The smallest absolute Gasteiger partial charge is 0.303 e. The van der Waals surface area contributed by atoms with Crippen LogP contribution >= 0.6 is 12.6 Å². The predicted octanol–water partition coefficient (Wildman–Crippen LogP) is 7.77. The molecular weight excluding hydrogens is 822 g/mol. The standard InChI is InChI=1S/C38H74FN3O7S.C2H4O.C2H6.CH3NO.CH5N.CH2O/c1-34(18-13-11-9-7-5-3-4-6-8-10-12-14-20-38(44)45)21-22-37(43)41-24-27-48-29-28-46-25-17-26-47-30-31-49-32-35(2)40-23-16-15-19-36(33-50)42-39;1-2-3;1-2;2-1-3;2*1-2/h34,36,40,42,50H,2-33H2,1H3,(H,41,43)(H,44,45);2-3H,1H2;1-2H3;1H,(H2,2,3);2H2,1H3;1H2/t34-,36?;;;;;/m0...../s1. The maximum absolute atomic E-state index is 12.4. The third-order valence-electron chi connectivity index (χ3n) is 8.60. The second kappa shape index (κ2) is 69.9. The first-order chi connectivity index (χ1) is 30.2. The van der Waals surface area contributed by atoms with Gasteiger partial charge in [0.05, 0.1) is 45.9 Å². The SMILES string of the molecule is C=C(COCCOCCCOCCOCCNC(=O)CC[C@@H](C)CCCCCCCCCCCCCCC(=O)O)NCCCCC(CS)NF.C=CO.C=O.CC.CN.NC=O. The van der Waals surface area contributed by atoms with Gasteiger partial charge < -0.3 is 56.1 Å². The van der Waals surface area contributed by atoms with Gasteiger partial charge in [0.2, 0.25) is 12.3 Å². The fourth-order valence-electron chi connectivity index (χ4n) is 5.42. The summed E-state index contributed by atoms with van der Waals surface area (Å²) < 4.78 is 34.7. The van der Waals surface area contributed by atoms with Crippen LogP contribution in [0.1, 0.15) is 149 Å². The molecule has 0 aromatic rings. The zero-order chi connectivity index (χ0) is 48.2. The minimum Gasteiger partial charge on any atom is -0.516 e. The van der Waals surface area contributed by atoms with Gasteiger partial charge in [0, 0.05) is 56.6 Å². The van der Waals surface area contributed by atoms with Crippen molar-refractivity contribution in [1.29, 1.82) is 0 Å². The summed E-state index contributed by atoms with van der Waals surface area (Å²) in [6.07, 6.45) is 22.0. The lowest BCUT2D eigenvalue weighted by Crippen LogP contribution is -2.27. The van der Waals surface area contributed by atoms with Crippen molar-refractivity contribution in [2.24, 2.45) is 17.4 Å². The number of carbonyl (C=O) groups is 4. The summed E-state index contributed by atoms with van der Waals surface area (Å²) in [5.74, 6) is 0.484. The van der Waals surface area contributed by atoms with E-state index in [1.54, 1.807) is 5.54 Å². The van der Waals surface area contributed by atoms with Crippen molar-refractivity contribution in [1.82, 2.24) is 16.2 Å². The Bertz CT molecular complexity index is 894. The lowest BCUT2D eigenvalue weighted by Gasteiger charge is -2.12. The monoisotopic (exact) mass is 916 g/mol. The molecule has 0 aromatic heterocycles. The Morgan fingerprint density at radius 2 is 1.13 bits per heavy atom. The van der Waals surface area contributed by atoms with Crippen LogP contribution in [0.3, 0.4) is 0 Å². The quantitative estimate of drug-likeness (QED) is 0.00964. The number of aliphatic hydroxyl groups is 1. The summed E-state index contributed by atoms with van der Waals surface area (Å²) in [7, 11) is 1.50. The number of nitrogens with one attached hydrogen (secondary N) is 3. The zero-order valence-corrected chi connectivity index (χ0v) is 40.4. The number of carbonyl (C=O) groups excluding carboxylic acids is 3. The number of aliphatic hydroxyl groups excluding tert-OH is 1. The molecule has 0 aromatic carbocycles. The number of halogens is 1. The van der Waals surface area contributed by atoms with Crippen molar-refractivity contribution >= 4 is 37.7 Å². The van der Waals surface area contributed by atoms with E-state index in [1.165, 1.54) is 71.3 Å². The minimum atomic E-state index is -0.681. The van der Waals surface area contributed by atoms with Gasteiger partial charge in [-0.3, -0.25) is 14.4 Å². The first-order valence-corrected chi connectivity index (χ1v) is 23.3. The Morgan fingerprint density at radius 1 is 0.694 bits per heavy atom. The molecule has 0 heterocycles. The topological polar surface area (TPSA) is 234 Å². The highest BCUT2D eigenvalue weighted by Crippen LogP contribution is 2.17. The lowest BCUT2D eigenvalue weighted by molar-refractivity contribution is -0.137. The zero-order valence-electron chi connectivity index (χ0n) is 39.5. The average Bonchev–Trinajstić information content (AvgIpc) is 3.28. The van der Waals surface area contributed by atoms with Gasteiger partial charge >= 0.3 is 5.97 Å². The molecular formula is C45H94FN5O10S. The molecule has 0 spiro atoms. The maximum Gasteiger partial charge on any atom is 0.303 e. The molecule has 0 fully saturated rings. The molecule has 2 amide bonds. The highest BCUT2D eigenvalue weighted by Gasteiger charge is 2.07. The number of unbranched alkanes of at least 4 members (excludes halogenated alkanes) is 12. The highest BCUT2D eigenvalue weighted by molar-refractivity contribution is 7.80. The van der Waals surface area contributed by atoms with E-state index < -0.39 is 5.97 Å². The van der Waals surface area contributed by atoms with Crippen LogP contribution in [-0.2, 0) is 38.1 Å². The molecule has 2 atom stereocenters. The molecule has 0 saturated carbocycles. The third-order valence-corrected chi connectivity index (χ3v) is 9.04. The Balaban J connectivity index is -0.000000588. The molecule has 9 N–H and O–H groups in total. The van der Waals surface area contributed by atoms with Crippen molar-refractivity contribution in [2.75, 3.05) is 78.7 Å². The molecule has 0 aliphatic heterocycles. The van der Waals surface area contributed by atoms with E-state index in [1.807, 2.05) is 20.6 Å². The van der Waals surface area contributed by atoms with Crippen LogP contribution in [0.2, 0.25) is 0 Å². The number of primary amides is 1. The lowest BCUT2D eigenvalue weighted by atomic mass is 9.97. The number of amides is 2. The maximum atomic E-state index is 12.4. The molecule has 0 radical (unpaired) electrons. The molecule has 17 heteroatoms. The number of aliphatic carboxylic acids is 1. The van der Waals surface area contributed by atoms with E-state index in [2.05, 4.69) is 54.8 Å². The van der Waals surface area contributed by atoms with Crippen LogP contribution in [0.4, 0.5) is 4.48 Å². The van der Waals surface area contributed by atoms with E-state index in [0.717, 1.165) is 69.9 Å². The number of hydrogen-bond donors (Lipinski definition) is 8. The van der Waals surface area contributed by atoms with Crippen molar-refractivity contribution in [3.63, 3.8) is 0 Å². The molecule has 0 saturated heterocycles. The van der Waals surface area contributed by atoms with Crippen LogP contribution in [0.15, 0.2) is 25.1 Å². The van der Waals surface area contributed by atoms with Gasteiger partial charge in [0.15, 0.2) is 0 Å². The van der Waals surface area contributed by atoms with Crippen molar-refractivity contribution in [3.05, 3.63) is 25.1 Å². The predicted molar refractivity (Wildman–Crippen MR) is 256 cm³/mol. The van der Waals surface area contributed by atoms with Gasteiger partial charge in [-0.2, -0.15) is 18.2 Å². The van der Waals surface area contributed by atoms with Gasteiger partial charge in [-0.25, -0.2) is 0 Å². The Labute approximate surface area is 382 Å². The van der Waals surface area contributed by atoms with Gasteiger partial charge in [-0.05, 0) is 45.1 Å². The summed E-state index contributed by atoms with van der Waals surface area (Å²) in [6.45, 7) is 20.6. The van der Waals surface area contributed by atoms with Crippen LogP contribution in [0, 0.1) is 5.92 Å². The molecule has 15 nitrogen and oxygen atoms in total. The molecule has 1 unspecified atom stereocenters. The summed E-state index contributed by atoms with van der Waals surface area (Å²) in [5, 5.41) is 22.2. The molecule has 0 aliphatic carbocycles. The van der Waals surface area contributed by atoms with Crippen LogP contribution in [0.25, 0.3) is 0 Å². The first-order valence-electron chi connectivity index (χ1n) is 22.7. The molecule has 0 bridgehead atoms. The summed E-state index contributed by atoms with van der Waals surface area (Å²) in [5.41, 5.74) is 11.3. The Hall–Kier alpha value is -2.80. The van der Waals surface area contributed by atoms with Gasteiger partial charge in [-0.1, -0.05) is 117 Å². The summed E-state index contributed by atoms with van der Waals surface area (Å²) >= 11 is 4.10. The van der Waals surface area contributed by atoms with Gasteiger partial charge in [0.25, 0.3) is 0 Å². The van der Waals surface area contributed by atoms with Crippen LogP contribution in [0.5, 0.6) is 0 Å². The number of carboxylic acid groups (broad SMARTS) is 1. The number of nitrogens with two attached hydrogens (primary N) is 2. The summed E-state index contributed by atoms with van der Waals surface area (Å²) in [6, 6.07) is -0.182. The molecule has 0 rings (SSSR count). The summed E-state index contributed by atoms with van der Waals surface area (Å²) in [4.78, 5) is 39.2. The van der Waals surface area contributed by atoms with E-state index in [9.17, 15) is 14.1 Å². The average molecular weight is 916 g/mol. The fraction of sp³-hybridized carbons (Fsp3) is 0.822. The number of rotatable bonds is 41. The number of carboxylic acids is 1. The van der Waals surface area contributed by atoms with Gasteiger partial charge in [0.1, 0.15) is 6.79 Å². The van der Waals surface area contributed by atoms with E-state index in [0.29, 0.717) is 83.9 Å². The Kier molecular flexibility index (Phi) is 79.9. The van der Waals surface area contributed by atoms with Crippen LogP contribution in [-0.4, -0.2) is 120 Å². The van der Waals surface area contributed by atoms with E-state index in [-0.39, 0.29) is 18.4 Å². The van der Waals surface area contributed by atoms with Crippen molar-refractivity contribution in [3.8, 4) is 0 Å². The number of ether oxygens (including phenoxy) is 4. The second-order valence-electron chi connectivity index (χ2n) is 13.7. The van der Waals surface area contributed by atoms with Crippen LogP contribution < -0.4 is 27.6 Å². The highest BCUT2D eigenvalue weighted by atomic mass is 32.1. The number of hydrogen-bond acceptors (Lipinski definition) is 13. The first kappa shape index (κ1) is 70.9. The second-order valence-corrected chi connectivity index (χ2v) is 14.1. The Morgan fingerprint density at radius 3 is 1.60 bits per heavy atom. The minimum absolute atomic E-state index is 0.0999. The molecule has 0 aliphatic rings. The van der Waals surface area contributed by atoms with E-state index in [4.69, 9.17) is 38.7 Å². The van der Waals surface area contributed by atoms with E-state index >= 15 is 0 Å². The molecule has 62 heavy (non-hydrogen) atoms. The normalized spacial score (nSPS) is 10.8.